The first-order chi connectivity index (χ1) is 11.3. The Hall–Kier alpha value is -2.31. The summed E-state index contributed by atoms with van der Waals surface area (Å²) < 4.78 is 10.1. The molecule has 24 heavy (non-hydrogen) atoms. The van der Waals surface area contributed by atoms with Crippen LogP contribution in [-0.4, -0.2) is 42.8 Å². The third kappa shape index (κ3) is 8.36. The molecule has 0 aliphatic rings. The van der Waals surface area contributed by atoms with Crippen LogP contribution in [0.15, 0.2) is 18.3 Å². The maximum absolute atomic E-state index is 11.9. The Morgan fingerprint density at radius 2 is 1.75 bits per heavy atom. The van der Waals surface area contributed by atoms with E-state index < -0.39 is 11.7 Å². The fraction of sp³-hybridized carbons (Fsp3) is 0.588. The van der Waals surface area contributed by atoms with Gasteiger partial charge in [0.15, 0.2) is 0 Å². The minimum Gasteiger partial charge on any atom is -0.481 e. The van der Waals surface area contributed by atoms with Crippen molar-refractivity contribution in [3.63, 3.8) is 0 Å². The van der Waals surface area contributed by atoms with Crippen molar-refractivity contribution in [2.75, 3.05) is 20.2 Å². The molecule has 0 unspecified atom stereocenters. The van der Waals surface area contributed by atoms with Gasteiger partial charge >= 0.3 is 6.09 Å². The Morgan fingerprint density at radius 1 is 1.08 bits per heavy atom. The molecule has 134 valence electrons. The van der Waals surface area contributed by atoms with Crippen molar-refractivity contribution in [1.82, 2.24) is 15.6 Å². The molecule has 0 aromatic carbocycles. The number of alkyl carbamates (subject to hydrolysis) is 1. The lowest BCUT2D eigenvalue weighted by Gasteiger charge is -2.19. The number of rotatable bonds is 8. The summed E-state index contributed by atoms with van der Waals surface area (Å²) in [5.74, 6) is 0.320. The first-order valence-corrected chi connectivity index (χ1v) is 8.07. The van der Waals surface area contributed by atoms with E-state index in [2.05, 4.69) is 15.6 Å². The molecule has 1 rings (SSSR count). The van der Waals surface area contributed by atoms with Crippen molar-refractivity contribution in [3.05, 3.63) is 23.9 Å². The zero-order chi connectivity index (χ0) is 18.0. The number of aromatic nitrogens is 1. The standard InChI is InChI=1S/C17H27N3O4/c1-17(2,3)24-16(22)19-11-7-5-6-10-18-15(21)13-8-9-14(23-4)20-12-13/h8-9,12H,5-7,10-11H2,1-4H3,(H,18,21)(H,19,22). The zero-order valence-electron chi connectivity index (χ0n) is 14.8. The third-order valence-corrected chi connectivity index (χ3v) is 3.02. The third-order valence-electron chi connectivity index (χ3n) is 3.02. The predicted octanol–water partition coefficient (Wildman–Crippen LogP) is 2.52. The van der Waals surface area contributed by atoms with Crippen molar-refractivity contribution in [1.29, 1.82) is 0 Å². The largest absolute Gasteiger partial charge is 0.481 e. The first kappa shape index (κ1) is 19.7. The topological polar surface area (TPSA) is 89.6 Å². The molecule has 0 saturated carbocycles. The van der Waals surface area contributed by atoms with E-state index in [1.165, 1.54) is 13.3 Å². The lowest BCUT2D eigenvalue weighted by Crippen LogP contribution is -2.33. The summed E-state index contributed by atoms with van der Waals surface area (Å²) >= 11 is 0. The van der Waals surface area contributed by atoms with Gasteiger partial charge < -0.3 is 20.1 Å². The van der Waals surface area contributed by atoms with Crippen LogP contribution in [-0.2, 0) is 4.74 Å². The Morgan fingerprint density at radius 3 is 2.29 bits per heavy atom. The molecule has 1 aromatic heterocycles. The summed E-state index contributed by atoms with van der Waals surface area (Å²) in [6.45, 7) is 6.62. The molecule has 0 aliphatic carbocycles. The molecule has 0 radical (unpaired) electrons. The number of ether oxygens (including phenoxy) is 2. The van der Waals surface area contributed by atoms with Gasteiger partial charge in [0.25, 0.3) is 5.91 Å². The summed E-state index contributed by atoms with van der Waals surface area (Å²) in [5, 5.41) is 5.54. The highest BCUT2D eigenvalue weighted by Crippen LogP contribution is 2.07. The van der Waals surface area contributed by atoms with Crippen LogP contribution in [0.2, 0.25) is 0 Å². The van der Waals surface area contributed by atoms with Gasteiger partial charge in [-0.05, 0) is 46.1 Å². The number of methoxy groups -OCH3 is 1. The average Bonchev–Trinajstić information content (AvgIpc) is 2.52. The van der Waals surface area contributed by atoms with Gasteiger partial charge in [0.05, 0.1) is 12.7 Å². The van der Waals surface area contributed by atoms with Crippen LogP contribution in [0.1, 0.15) is 50.4 Å². The summed E-state index contributed by atoms with van der Waals surface area (Å²) in [7, 11) is 1.53. The molecule has 2 amide bonds. The minimum atomic E-state index is -0.481. The molecule has 0 fully saturated rings. The summed E-state index contributed by atoms with van der Waals surface area (Å²) in [6.07, 6.45) is 3.66. The van der Waals surface area contributed by atoms with Gasteiger partial charge in [0.1, 0.15) is 5.60 Å². The number of amides is 2. The second-order valence-electron chi connectivity index (χ2n) is 6.33. The summed E-state index contributed by atoms with van der Waals surface area (Å²) in [5.41, 5.74) is 0.0207. The maximum atomic E-state index is 11.9. The van der Waals surface area contributed by atoms with E-state index in [0.29, 0.717) is 24.5 Å². The van der Waals surface area contributed by atoms with E-state index in [1.807, 2.05) is 20.8 Å². The van der Waals surface area contributed by atoms with Crippen LogP contribution in [0.4, 0.5) is 4.79 Å². The smallest absolute Gasteiger partial charge is 0.407 e. The second-order valence-corrected chi connectivity index (χ2v) is 6.33. The number of unbranched alkanes of at least 4 members (excludes halogenated alkanes) is 2. The van der Waals surface area contributed by atoms with Gasteiger partial charge in [-0.25, -0.2) is 9.78 Å². The normalized spacial score (nSPS) is 10.8. The van der Waals surface area contributed by atoms with Crippen molar-refractivity contribution in [3.8, 4) is 5.88 Å². The predicted molar refractivity (Wildman–Crippen MR) is 91.2 cm³/mol. The molecule has 7 nitrogen and oxygen atoms in total. The highest BCUT2D eigenvalue weighted by atomic mass is 16.6. The number of hydrogen-bond donors (Lipinski definition) is 2. The van der Waals surface area contributed by atoms with Crippen LogP contribution >= 0.6 is 0 Å². The van der Waals surface area contributed by atoms with E-state index in [1.54, 1.807) is 12.1 Å². The van der Waals surface area contributed by atoms with Crippen LogP contribution in [0.3, 0.4) is 0 Å². The highest BCUT2D eigenvalue weighted by molar-refractivity contribution is 5.93. The number of nitrogens with one attached hydrogen (secondary N) is 2. The average molecular weight is 337 g/mol. The lowest BCUT2D eigenvalue weighted by atomic mass is 10.2. The van der Waals surface area contributed by atoms with Crippen LogP contribution in [0, 0.1) is 0 Å². The summed E-state index contributed by atoms with van der Waals surface area (Å²) in [6, 6.07) is 3.32. The van der Waals surface area contributed by atoms with Gasteiger partial charge in [0.2, 0.25) is 5.88 Å². The van der Waals surface area contributed by atoms with Crippen LogP contribution in [0.25, 0.3) is 0 Å². The zero-order valence-corrected chi connectivity index (χ0v) is 14.8. The van der Waals surface area contributed by atoms with E-state index >= 15 is 0 Å². The molecule has 1 aromatic rings. The molecule has 0 aliphatic heterocycles. The molecule has 7 heteroatoms. The Labute approximate surface area is 143 Å². The number of nitrogens with zero attached hydrogens (tertiary/aromatic N) is 1. The SMILES string of the molecule is COc1ccc(C(=O)NCCCCCNC(=O)OC(C)(C)C)cn1. The molecule has 0 spiro atoms. The number of hydrogen-bond acceptors (Lipinski definition) is 5. The number of carbonyl (C=O) groups excluding carboxylic acids is 2. The fourth-order valence-electron chi connectivity index (χ4n) is 1.87. The molecule has 0 saturated heterocycles. The molecule has 0 atom stereocenters. The van der Waals surface area contributed by atoms with Crippen LogP contribution < -0.4 is 15.4 Å². The highest BCUT2D eigenvalue weighted by Gasteiger charge is 2.15. The maximum Gasteiger partial charge on any atom is 0.407 e. The van der Waals surface area contributed by atoms with Crippen molar-refractivity contribution < 1.29 is 19.1 Å². The number of pyridine rings is 1. The summed E-state index contributed by atoms with van der Waals surface area (Å²) in [4.78, 5) is 27.3. The van der Waals surface area contributed by atoms with Gasteiger partial charge in [-0.15, -0.1) is 0 Å². The first-order valence-electron chi connectivity index (χ1n) is 8.07. The molecule has 0 bridgehead atoms. The number of carbonyl (C=O) groups is 2. The Balaban J connectivity index is 2.09. The van der Waals surface area contributed by atoms with Gasteiger partial charge in [-0.1, -0.05) is 0 Å². The van der Waals surface area contributed by atoms with Crippen LogP contribution in [0.5, 0.6) is 5.88 Å². The van der Waals surface area contributed by atoms with E-state index in [-0.39, 0.29) is 5.91 Å². The van der Waals surface area contributed by atoms with Gasteiger partial charge in [-0.2, -0.15) is 0 Å². The molecular formula is C17H27N3O4. The quantitative estimate of drug-likeness (QED) is 0.712. The molecular weight excluding hydrogens is 310 g/mol. The Bertz CT molecular complexity index is 524. The monoisotopic (exact) mass is 337 g/mol. The van der Waals surface area contributed by atoms with E-state index in [4.69, 9.17) is 9.47 Å². The molecule has 1 heterocycles. The van der Waals surface area contributed by atoms with Gasteiger partial charge in [-0.3, -0.25) is 4.79 Å². The lowest BCUT2D eigenvalue weighted by molar-refractivity contribution is 0.0527. The minimum absolute atomic E-state index is 0.156. The van der Waals surface area contributed by atoms with Crippen molar-refractivity contribution >= 4 is 12.0 Å². The Kier molecular flexibility index (Phi) is 8.01. The van der Waals surface area contributed by atoms with E-state index in [0.717, 1.165) is 19.3 Å². The van der Waals surface area contributed by atoms with Crippen molar-refractivity contribution in [2.45, 2.75) is 45.6 Å². The van der Waals surface area contributed by atoms with Crippen molar-refractivity contribution in [2.24, 2.45) is 0 Å². The molecule has 2 N–H and O–H groups in total. The van der Waals surface area contributed by atoms with E-state index in [9.17, 15) is 9.59 Å². The fourth-order valence-corrected chi connectivity index (χ4v) is 1.87. The van der Waals surface area contributed by atoms with Gasteiger partial charge in [0, 0.05) is 25.4 Å². The second kappa shape index (κ2) is 9.75.